The Kier molecular flexibility index (Phi) is 4.96. The van der Waals surface area contributed by atoms with E-state index in [2.05, 4.69) is 10.1 Å². The van der Waals surface area contributed by atoms with E-state index in [4.69, 9.17) is 5.73 Å². The lowest BCUT2D eigenvalue weighted by Gasteiger charge is -2.08. The van der Waals surface area contributed by atoms with Gasteiger partial charge in [-0.3, -0.25) is 4.79 Å². The number of amides is 1. The summed E-state index contributed by atoms with van der Waals surface area (Å²) in [6.45, 7) is -1.83. The van der Waals surface area contributed by atoms with Crippen LogP contribution in [-0.4, -0.2) is 25.3 Å². The number of nitrogen functional groups attached to an aromatic ring is 1. The molecule has 0 unspecified atom stereocenters. The van der Waals surface area contributed by atoms with Crippen LogP contribution in [0.3, 0.4) is 0 Å². The van der Waals surface area contributed by atoms with E-state index in [1.165, 1.54) is 0 Å². The Labute approximate surface area is 102 Å². The van der Waals surface area contributed by atoms with Gasteiger partial charge in [0.25, 0.3) is 0 Å². The van der Waals surface area contributed by atoms with Crippen molar-refractivity contribution in [3.05, 3.63) is 29.8 Å². The molecule has 0 radical (unpaired) electrons. The van der Waals surface area contributed by atoms with Gasteiger partial charge in [-0.25, -0.2) is 0 Å². The molecule has 0 saturated heterocycles. The fourth-order valence-corrected chi connectivity index (χ4v) is 1.15. The SMILES string of the molecule is Nc1ccc(CNC(=O)COCC(F)(F)F)cc1. The molecular weight excluding hydrogens is 249 g/mol. The summed E-state index contributed by atoms with van der Waals surface area (Å²) in [6.07, 6.45) is -4.42. The molecule has 100 valence electrons. The number of hydrogen-bond acceptors (Lipinski definition) is 3. The summed E-state index contributed by atoms with van der Waals surface area (Å²) in [6, 6.07) is 6.77. The van der Waals surface area contributed by atoms with Crippen molar-refractivity contribution in [2.75, 3.05) is 18.9 Å². The second-order valence-electron chi connectivity index (χ2n) is 3.63. The van der Waals surface area contributed by atoms with Gasteiger partial charge in [-0.05, 0) is 17.7 Å². The van der Waals surface area contributed by atoms with Crippen LogP contribution in [0, 0.1) is 0 Å². The Bertz CT molecular complexity index is 390. The first-order valence-corrected chi connectivity index (χ1v) is 5.12. The Hall–Kier alpha value is -1.76. The maximum Gasteiger partial charge on any atom is 0.411 e. The van der Waals surface area contributed by atoms with Crippen molar-refractivity contribution in [1.29, 1.82) is 0 Å². The van der Waals surface area contributed by atoms with Crippen molar-refractivity contribution in [2.45, 2.75) is 12.7 Å². The van der Waals surface area contributed by atoms with Crippen molar-refractivity contribution >= 4 is 11.6 Å². The van der Waals surface area contributed by atoms with E-state index in [-0.39, 0.29) is 6.54 Å². The summed E-state index contributed by atoms with van der Waals surface area (Å²) in [4.78, 5) is 11.1. The molecule has 0 heterocycles. The molecule has 0 bridgehead atoms. The smallest absolute Gasteiger partial charge is 0.399 e. The standard InChI is InChI=1S/C11H13F3N2O2/c12-11(13,14)7-18-6-10(17)16-5-8-1-3-9(15)4-2-8/h1-4H,5-7,15H2,(H,16,17). The van der Waals surface area contributed by atoms with Gasteiger partial charge in [0, 0.05) is 12.2 Å². The topological polar surface area (TPSA) is 64.3 Å². The lowest BCUT2D eigenvalue weighted by molar-refractivity contribution is -0.175. The molecule has 0 aliphatic heterocycles. The van der Waals surface area contributed by atoms with E-state index < -0.39 is 25.3 Å². The lowest BCUT2D eigenvalue weighted by Crippen LogP contribution is -2.29. The number of halogens is 3. The average molecular weight is 262 g/mol. The summed E-state index contributed by atoms with van der Waals surface area (Å²) >= 11 is 0. The highest BCUT2D eigenvalue weighted by molar-refractivity contribution is 5.77. The molecule has 0 aliphatic carbocycles. The molecule has 0 saturated carbocycles. The van der Waals surface area contributed by atoms with Crippen molar-refractivity contribution in [3.8, 4) is 0 Å². The minimum absolute atomic E-state index is 0.217. The second-order valence-corrected chi connectivity index (χ2v) is 3.63. The lowest BCUT2D eigenvalue weighted by atomic mass is 10.2. The van der Waals surface area contributed by atoms with Crippen molar-refractivity contribution < 1.29 is 22.7 Å². The van der Waals surface area contributed by atoms with E-state index in [9.17, 15) is 18.0 Å². The highest BCUT2D eigenvalue weighted by Gasteiger charge is 2.27. The van der Waals surface area contributed by atoms with Crippen LogP contribution in [0.15, 0.2) is 24.3 Å². The number of anilines is 1. The highest BCUT2D eigenvalue weighted by Crippen LogP contribution is 2.14. The number of carbonyl (C=O) groups is 1. The van der Waals surface area contributed by atoms with Gasteiger partial charge in [-0.2, -0.15) is 13.2 Å². The molecule has 0 spiro atoms. The van der Waals surface area contributed by atoms with Gasteiger partial charge in [0.15, 0.2) is 0 Å². The molecule has 1 aromatic carbocycles. The zero-order chi connectivity index (χ0) is 13.6. The predicted octanol–water partition coefficient (Wildman–Crippen LogP) is 1.46. The summed E-state index contributed by atoms with van der Waals surface area (Å²) in [5.74, 6) is -0.601. The zero-order valence-corrected chi connectivity index (χ0v) is 9.46. The molecule has 18 heavy (non-hydrogen) atoms. The van der Waals surface area contributed by atoms with Crippen molar-refractivity contribution in [1.82, 2.24) is 5.32 Å². The van der Waals surface area contributed by atoms with E-state index >= 15 is 0 Å². The number of nitrogens with two attached hydrogens (primary N) is 1. The summed E-state index contributed by atoms with van der Waals surface area (Å²) in [5, 5.41) is 2.43. The third-order valence-corrected chi connectivity index (χ3v) is 1.97. The summed E-state index contributed by atoms with van der Waals surface area (Å²) in [5.41, 5.74) is 6.87. The Morgan fingerprint density at radius 3 is 2.44 bits per heavy atom. The Morgan fingerprint density at radius 1 is 1.28 bits per heavy atom. The first-order valence-electron chi connectivity index (χ1n) is 5.12. The molecule has 0 aromatic heterocycles. The highest BCUT2D eigenvalue weighted by atomic mass is 19.4. The van der Waals surface area contributed by atoms with Crippen LogP contribution in [0.4, 0.5) is 18.9 Å². The van der Waals surface area contributed by atoms with E-state index in [0.717, 1.165) is 5.56 Å². The van der Waals surface area contributed by atoms with E-state index in [1.807, 2.05) is 0 Å². The third kappa shape index (κ3) is 6.09. The molecule has 7 heteroatoms. The summed E-state index contributed by atoms with van der Waals surface area (Å²) in [7, 11) is 0. The van der Waals surface area contributed by atoms with E-state index in [0.29, 0.717) is 5.69 Å². The monoisotopic (exact) mass is 262 g/mol. The first kappa shape index (κ1) is 14.3. The quantitative estimate of drug-likeness (QED) is 0.790. The Balaban J connectivity index is 2.23. The van der Waals surface area contributed by atoms with Crippen LogP contribution in [0.25, 0.3) is 0 Å². The molecule has 4 nitrogen and oxygen atoms in total. The minimum Gasteiger partial charge on any atom is -0.399 e. The first-order chi connectivity index (χ1) is 8.37. The summed E-state index contributed by atoms with van der Waals surface area (Å²) < 4.78 is 39.4. The number of hydrogen-bond donors (Lipinski definition) is 2. The number of rotatable bonds is 5. The number of carbonyl (C=O) groups excluding carboxylic acids is 1. The van der Waals surface area contributed by atoms with Gasteiger partial charge in [0.2, 0.25) is 5.91 Å². The van der Waals surface area contributed by atoms with Crippen molar-refractivity contribution in [3.63, 3.8) is 0 Å². The van der Waals surface area contributed by atoms with Crippen LogP contribution in [0.5, 0.6) is 0 Å². The fourth-order valence-electron chi connectivity index (χ4n) is 1.15. The van der Waals surface area contributed by atoms with Gasteiger partial charge in [0.05, 0.1) is 0 Å². The van der Waals surface area contributed by atoms with Gasteiger partial charge in [-0.15, -0.1) is 0 Å². The molecular formula is C11H13F3N2O2. The van der Waals surface area contributed by atoms with Crippen LogP contribution in [0.2, 0.25) is 0 Å². The van der Waals surface area contributed by atoms with Crippen LogP contribution in [0.1, 0.15) is 5.56 Å². The average Bonchev–Trinajstić information content (AvgIpc) is 2.26. The zero-order valence-electron chi connectivity index (χ0n) is 9.46. The second kappa shape index (κ2) is 6.25. The minimum atomic E-state index is -4.42. The molecule has 1 aromatic rings. The van der Waals surface area contributed by atoms with Gasteiger partial charge >= 0.3 is 6.18 Å². The molecule has 0 aliphatic rings. The van der Waals surface area contributed by atoms with Gasteiger partial charge < -0.3 is 15.8 Å². The van der Waals surface area contributed by atoms with E-state index in [1.54, 1.807) is 24.3 Å². The van der Waals surface area contributed by atoms with Crippen LogP contribution < -0.4 is 11.1 Å². The predicted molar refractivity (Wildman–Crippen MR) is 59.6 cm³/mol. The van der Waals surface area contributed by atoms with Gasteiger partial charge in [-0.1, -0.05) is 12.1 Å². The van der Waals surface area contributed by atoms with Crippen LogP contribution in [-0.2, 0) is 16.1 Å². The largest absolute Gasteiger partial charge is 0.411 e. The van der Waals surface area contributed by atoms with Crippen LogP contribution >= 0.6 is 0 Å². The number of ether oxygens (including phenoxy) is 1. The number of benzene rings is 1. The Morgan fingerprint density at radius 2 is 1.89 bits per heavy atom. The molecule has 1 rings (SSSR count). The maximum absolute atomic E-state index is 11.7. The molecule has 3 N–H and O–H groups in total. The molecule has 0 fully saturated rings. The maximum atomic E-state index is 11.7. The number of nitrogens with one attached hydrogen (secondary N) is 1. The normalized spacial score (nSPS) is 11.3. The van der Waals surface area contributed by atoms with Gasteiger partial charge in [0.1, 0.15) is 13.2 Å². The fraction of sp³-hybridized carbons (Fsp3) is 0.364. The molecule has 0 atom stereocenters. The molecule has 1 amide bonds. The van der Waals surface area contributed by atoms with Crippen molar-refractivity contribution in [2.24, 2.45) is 0 Å². The number of alkyl halides is 3. The third-order valence-electron chi connectivity index (χ3n) is 1.97.